The van der Waals surface area contributed by atoms with Crippen molar-refractivity contribution in [3.05, 3.63) is 50.9 Å². The lowest BCUT2D eigenvalue weighted by atomic mass is 10.1. The predicted molar refractivity (Wildman–Crippen MR) is 109 cm³/mol. The molecule has 1 N–H and O–H groups in total. The highest BCUT2D eigenvalue weighted by molar-refractivity contribution is 7.18. The summed E-state index contributed by atoms with van der Waals surface area (Å²) in [7, 11) is 0. The van der Waals surface area contributed by atoms with Crippen LogP contribution in [0.2, 0.25) is 10.0 Å². The van der Waals surface area contributed by atoms with Gasteiger partial charge in [0.15, 0.2) is 6.10 Å². The van der Waals surface area contributed by atoms with Gasteiger partial charge < -0.3 is 9.84 Å². The van der Waals surface area contributed by atoms with Crippen LogP contribution in [0.3, 0.4) is 0 Å². The molecule has 0 fully saturated rings. The number of ether oxygens (including phenoxy) is 1. The van der Waals surface area contributed by atoms with Crippen molar-refractivity contribution in [3.8, 4) is 5.75 Å². The van der Waals surface area contributed by atoms with E-state index >= 15 is 0 Å². The monoisotopic (exact) mass is 436 g/mol. The lowest BCUT2D eigenvalue weighted by Crippen LogP contribution is -2.46. The summed E-state index contributed by atoms with van der Waals surface area (Å²) in [5.74, 6) is -0.990. The Bertz CT molecular complexity index is 1080. The third-order valence-electron chi connectivity index (χ3n) is 4.41. The van der Waals surface area contributed by atoms with Crippen LogP contribution in [0.1, 0.15) is 17.0 Å². The number of fused-ring (bicyclic) bond motifs is 2. The number of carbonyl (C=O) groups excluding carboxylic acids is 1. The summed E-state index contributed by atoms with van der Waals surface area (Å²) >= 11 is 13.5. The molecule has 1 aromatic heterocycles. The van der Waals surface area contributed by atoms with Gasteiger partial charge in [0.2, 0.25) is 0 Å². The number of halogens is 2. The van der Waals surface area contributed by atoms with Crippen LogP contribution in [0.4, 0.5) is 5.69 Å². The zero-order valence-electron chi connectivity index (χ0n) is 14.6. The van der Waals surface area contributed by atoms with E-state index in [0.29, 0.717) is 32.0 Å². The number of hydrogen-bond acceptors (Lipinski definition) is 5. The number of aryl methyl sites for hydroxylation is 1. The van der Waals surface area contributed by atoms with Gasteiger partial charge in [0.25, 0.3) is 5.91 Å². The lowest BCUT2D eigenvalue weighted by molar-refractivity contribution is -0.142. The second kappa shape index (κ2) is 7.24. The highest BCUT2D eigenvalue weighted by atomic mass is 35.5. The Hall–Kier alpha value is -2.35. The molecule has 1 unspecified atom stereocenters. The van der Waals surface area contributed by atoms with E-state index in [1.807, 2.05) is 19.1 Å². The number of thiazole rings is 1. The Morgan fingerprint density at radius 2 is 2.07 bits per heavy atom. The first-order chi connectivity index (χ1) is 13.3. The molecule has 6 nitrogen and oxygen atoms in total. The molecule has 4 rings (SSSR count). The number of carbonyl (C=O) groups is 2. The van der Waals surface area contributed by atoms with Crippen molar-refractivity contribution in [3.63, 3.8) is 0 Å². The van der Waals surface area contributed by atoms with Crippen molar-refractivity contribution < 1.29 is 19.4 Å². The zero-order valence-corrected chi connectivity index (χ0v) is 16.9. The number of hydrogen-bond donors (Lipinski definition) is 1. The van der Waals surface area contributed by atoms with Gasteiger partial charge in [-0.25, -0.2) is 4.98 Å². The summed E-state index contributed by atoms with van der Waals surface area (Å²) in [5.41, 5.74) is 2.12. The van der Waals surface area contributed by atoms with Gasteiger partial charge in [-0.15, -0.1) is 11.3 Å². The molecule has 0 saturated heterocycles. The van der Waals surface area contributed by atoms with E-state index in [1.165, 1.54) is 16.2 Å². The molecule has 1 aliphatic rings. The van der Waals surface area contributed by atoms with Crippen molar-refractivity contribution in [1.29, 1.82) is 0 Å². The van der Waals surface area contributed by atoms with Gasteiger partial charge in [0, 0.05) is 0 Å². The van der Waals surface area contributed by atoms with Crippen LogP contribution >= 0.6 is 34.5 Å². The zero-order chi connectivity index (χ0) is 20.0. The maximum absolute atomic E-state index is 12.9. The number of carboxylic acids is 1. The van der Waals surface area contributed by atoms with Crippen LogP contribution < -0.4 is 9.64 Å². The highest BCUT2D eigenvalue weighted by Crippen LogP contribution is 2.39. The number of aromatic nitrogens is 1. The van der Waals surface area contributed by atoms with Crippen LogP contribution in [-0.4, -0.2) is 28.1 Å². The van der Waals surface area contributed by atoms with E-state index in [-0.39, 0.29) is 6.54 Å². The molecule has 1 amide bonds. The molecule has 3 aromatic rings. The number of para-hydroxylation sites is 1. The minimum atomic E-state index is -1.10. The molecular weight excluding hydrogens is 423 g/mol. The molecule has 2 aromatic carbocycles. The number of carboxylic acid groups (broad SMARTS) is 1. The second-order valence-corrected chi connectivity index (χ2v) is 8.32. The predicted octanol–water partition coefficient (Wildman–Crippen LogP) is 4.68. The number of rotatable bonds is 4. The molecule has 2 heterocycles. The number of amides is 1. The summed E-state index contributed by atoms with van der Waals surface area (Å²) < 4.78 is 6.58. The Morgan fingerprint density at radius 3 is 2.82 bits per heavy atom. The van der Waals surface area contributed by atoms with Crippen molar-refractivity contribution in [2.45, 2.75) is 26.0 Å². The average Bonchev–Trinajstić information content (AvgIpc) is 3.00. The molecule has 9 heteroatoms. The van der Waals surface area contributed by atoms with Gasteiger partial charge in [0.05, 0.1) is 38.9 Å². The molecular formula is C19H14Cl2N2O4S. The standard InChI is InChI=1S/C19H14Cl2N2O4S/c1-9-3-2-4-13-18(9)27-14(7-17(24)25)19(26)23(13)8-16-22-12-5-10(20)11(21)6-15(12)28-16/h2-6,14H,7-8H2,1H3,(H,24,25). The van der Waals surface area contributed by atoms with Crippen molar-refractivity contribution in [1.82, 2.24) is 4.98 Å². The molecule has 0 radical (unpaired) electrons. The number of anilines is 1. The molecule has 0 saturated carbocycles. The fourth-order valence-electron chi connectivity index (χ4n) is 3.11. The first-order valence-corrected chi connectivity index (χ1v) is 9.94. The van der Waals surface area contributed by atoms with Crippen LogP contribution in [0, 0.1) is 6.92 Å². The fraction of sp³-hybridized carbons (Fsp3) is 0.211. The van der Waals surface area contributed by atoms with Gasteiger partial charge in [-0.3, -0.25) is 14.5 Å². The summed E-state index contributed by atoms with van der Waals surface area (Å²) in [5, 5.41) is 10.7. The van der Waals surface area contributed by atoms with Crippen molar-refractivity contribution in [2.75, 3.05) is 4.90 Å². The summed E-state index contributed by atoms with van der Waals surface area (Å²) in [6, 6.07) is 8.89. The van der Waals surface area contributed by atoms with Crippen LogP contribution in [0.25, 0.3) is 10.2 Å². The van der Waals surface area contributed by atoms with E-state index in [4.69, 9.17) is 33.0 Å². The van der Waals surface area contributed by atoms with E-state index in [1.54, 1.807) is 18.2 Å². The molecule has 0 spiro atoms. The molecule has 0 aliphatic carbocycles. The molecule has 1 atom stereocenters. The normalized spacial score (nSPS) is 16.2. The van der Waals surface area contributed by atoms with Crippen LogP contribution in [0.15, 0.2) is 30.3 Å². The molecule has 28 heavy (non-hydrogen) atoms. The third kappa shape index (κ3) is 3.41. The number of benzene rings is 2. The Balaban J connectivity index is 1.74. The molecule has 1 aliphatic heterocycles. The van der Waals surface area contributed by atoms with Crippen LogP contribution in [-0.2, 0) is 16.1 Å². The summed E-state index contributed by atoms with van der Waals surface area (Å²) in [4.78, 5) is 30.2. The quantitative estimate of drug-likeness (QED) is 0.641. The van der Waals surface area contributed by atoms with Gasteiger partial charge >= 0.3 is 5.97 Å². The Labute approximate surface area is 174 Å². The largest absolute Gasteiger partial charge is 0.481 e. The van der Waals surface area contributed by atoms with Crippen molar-refractivity contribution >= 4 is 62.3 Å². The molecule has 144 valence electrons. The summed E-state index contributed by atoms with van der Waals surface area (Å²) in [6.45, 7) is 2.05. The van der Waals surface area contributed by atoms with E-state index in [9.17, 15) is 9.59 Å². The Morgan fingerprint density at radius 1 is 1.32 bits per heavy atom. The van der Waals surface area contributed by atoms with Gasteiger partial charge in [-0.2, -0.15) is 0 Å². The number of nitrogens with zero attached hydrogens (tertiary/aromatic N) is 2. The van der Waals surface area contributed by atoms with E-state index < -0.39 is 24.4 Å². The fourth-order valence-corrected chi connectivity index (χ4v) is 4.48. The SMILES string of the molecule is Cc1cccc2c1OC(CC(=O)O)C(=O)N2Cc1nc2cc(Cl)c(Cl)cc2s1. The highest BCUT2D eigenvalue weighted by Gasteiger charge is 2.37. The van der Waals surface area contributed by atoms with E-state index in [0.717, 1.165) is 10.3 Å². The maximum Gasteiger partial charge on any atom is 0.307 e. The first kappa shape index (κ1) is 19.0. The van der Waals surface area contributed by atoms with Gasteiger partial charge in [-0.1, -0.05) is 35.3 Å². The smallest absolute Gasteiger partial charge is 0.307 e. The minimum absolute atomic E-state index is 0.198. The maximum atomic E-state index is 12.9. The van der Waals surface area contributed by atoms with Gasteiger partial charge in [0.1, 0.15) is 10.8 Å². The van der Waals surface area contributed by atoms with E-state index in [2.05, 4.69) is 4.98 Å². The first-order valence-electron chi connectivity index (χ1n) is 8.37. The van der Waals surface area contributed by atoms with Crippen LogP contribution in [0.5, 0.6) is 5.75 Å². The van der Waals surface area contributed by atoms with Crippen molar-refractivity contribution in [2.24, 2.45) is 0 Å². The minimum Gasteiger partial charge on any atom is -0.481 e. The Kier molecular flexibility index (Phi) is 4.91. The average molecular weight is 437 g/mol. The molecule has 0 bridgehead atoms. The topological polar surface area (TPSA) is 79.7 Å². The number of aliphatic carboxylic acids is 1. The van der Waals surface area contributed by atoms with Gasteiger partial charge in [-0.05, 0) is 30.7 Å². The second-order valence-electron chi connectivity index (χ2n) is 6.39. The summed E-state index contributed by atoms with van der Waals surface area (Å²) in [6.07, 6.45) is -1.49. The lowest BCUT2D eigenvalue weighted by Gasteiger charge is -2.34. The third-order valence-corrected chi connectivity index (χ3v) is 6.14.